The minimum absolute atomic E-state index is 0.0116. The van der Waals surface area contributed by atoms with Crippen LogP contribution in [0.15, 0.2) is 0 Å². The average molecular weight is 215 g/mol. The maximum absolute atomic E-state index is 11.4. The quantitative estimate of drug-likeness (QED) is 0.561. The number of likely N-dealkylation sites (N-methyl/N-ethyl adjacent to an activating group) is 1. The van der Waals surface area contributed by atoms with Crippen molar-refractivity contribution in [3.05, 3.63) is 0 Å². The first-order chi connectivity index (χ1) is 7.18. The summed E-state index contributed by atoms with van der Waals surface area (Å²) in [5, 5.41) is 6.12. The Morgan fingerprint density at radius 3 is 3.00 bits per heavy atom. The van der Waals surface area contributed by atoms with Gasteiger partial charge in [-0.2, -0.15) is 0 Å². The van der Waals surface area contributed by atoms with E-state index in [1.54, 1.807) is 0 Å². The molecule has 1 aliphatic heterocycles. The van der Waals surface area contributed by atoms with Gasteiger partial charge in [-0.25, -0.2) is 0 Å². The van der Waals surface area contributed by atoms with Crippen molar-refractivity contribution in [2.45, 2.75) is 12.5 Å². The summed E-state index contributed by atoms with van der Waals surface area (Å²) < 4.78 is 5.24. The predicted molar refractivity (Wildman–Crippen MR) is 58.8 cm³/mol. The number of carbonyl (C=O) groups excluding carboxylic acids is 1. The molecule has 0 aromatic carbocycles. The number of nitrogens with one attached hydrogen (secondary N) is 2. The first-order valence-corrected chi connectivity index (χ1v) is 5.41. The molecule has 0 aliphatic carbocycles. The molecular formula is C10H21N3O2. The van der Waals surface area contributed by atoms with E-state index < -0.39 is 0 Å². The fourth-order valence-electron chi connectivity index (χ4n) is 1.46. The Hall–Kier alpha value is -0.650. The molecule has 5 nitrogen and oxygen atoms in total. The number of carbonyl (C=O) groups is 1. The number of nitrogens with zero attached hydrogens (tertiary/aromatic N) is 1. The monoisotopic (exact) mass is 215 g/mol. The highest BCUT2D eigenvalue weighted by Gasteiger charge is 2.16. The van der Waals surface area contributed by atoms with Gasteiger partial charge in [0.25, 0.3) is 0 Å². The molecule has 0 saturated carbocycles. The Kier molecular flexibility index (Phi) is 5.60. The van der Waals surface area contributed by atoms with Crippen molar-refractivity contribution in [3.8, 4) is 0 Å². The third kappa shape index (κ3) is 5.71. The van der Waals surface area contributed by atoms with Gasteiger partial charge in [-0.1, -0.05) is 0 Å². The van der Waals surface area contributed by atoms with Crippen LogP contribution in [0, 0.1) is 0 Å². The summed E-state index contributed by atoms with van der Waals surface area (Å²) in [6.07, 6.45) is 1.02. The van der Waals surface area contributed by atoms with Crippen molar-refractivity contribution in [3.63, 3.8) is 0 Å². The van der Waals surface area contributed by atoms with Gasteiger partial charge >= 0.3 is 0 Å². The molecule has 5 heteroatoms. The Balaban J connectivity index is 1.98. The van der Waals surface area contributed by atoms with Crippen LogP contribution in [0.2, 0.25) is 0 Å². The molecule has 1 rings (SSSR count). The van der Waals surface area contributed by atoms with Gasteiger partial charge in [0.15, 0.2) is 0 Å². The van der Waals surface area contributed by atoms with E-state index >= 15 is 0 Å². The lowest BCUT2D eigenvalue weighted by Gasteiger charge is -2.12. The van der Waals surface area contributed by atoms with Gasteiger partial charge < -0.3 is 20.3 Å². The maximum Gasteiger partial charge on any atom is 0.246 e. The molecule has 1 fully saturated rings. The van der Waals surface area contributed by atoms with Crippen molar-refractivity contribution >= 4 is 5.91 Å². The summed E-state index contributed by atoms with van der Waals surface area (Å²) in [5.74, 6) is -0.0116. The molecule has 15 heavy (non-hydrogen) atoms. The topological polar surface area (TPSA) is 53.6 Å². The van der Waals surface area contributed by atoms with Gasteiger partial charge in [0, 0.05) is 19.1 Å². The summed E-state index contributed by atoms with van der Waals surface area (Å²) in [6, 6.07) is 0.287. The van der Waals surface area contributed by atoms with Crippen molar-refractivity contribution in [2.75, 3.05) is 46.9 Å². The Labute approximate surface area is 91.2 Å². The lowest BCUT2D eigenvalue weighted by Crippen LogP contribution is -2.38. The zero-order chi connectivity index (χ0) is 11.1. The molecule has 1 atom stereocenters. The number of rotatable bonds is 6. The molecule has 0 spiro atoms. The van der Waals surface area contributed by atoms with Crippen LogP contribution in [-0.4, -0.2) is 63.8 Å². The van der Waals surface area contributed by atoms with Crippen LogP contribution in [-0.2, 0) is 9.53 Å². The Morgan fingerprint density at radius 1 is 1.60 bits per heavy atom. The summed E-state index contributed by atoms with van der Waals surface area (Å²) in [7, 11) is 3.96. The van der Waals surface area contributed by atoms with Crippen molar-refractivity contribution < 1.29 is 9.53 Å². The van der Waals surface area contributed by atoms with Crippen LogP contribution in [0.25, 0.3) is 0 Å². The Morgan fingerprint density at radius 2 is 2.40 bits per heavy atom. The number of amides is 1. The van der Waals surface area contributed by atoms with E-state index in [0.29, 0.717) is 6.61 Å². The van der Waals surface area contributed by atoms with E-state index in [2.05, 4.69) is 10.6 Å². The van der Waals surface area contributed by atoms with Crippen LogP contribution < -0.4 is 10.6 Å². The van der Waals surface area contributed by atoms with E-state index in [-0.39, 0.29) is 18.6 Å². The van der Waals surface area contributed by atoms with Gasteiger partial charge in [-0.15, -0.1) is 0 Å². The van der Waals surface area contributed by atoms with Gasteiger partial charge in [-0.3, -0.25) is 4.79 Å². The smallest absolute Gasteiger partial charge is 0.246 e. The molecule has 2 N–H and O–H groups in total. The average Bonchev–Trinajstić information content (AvgIpc) is 2.64. The molecule has 1 saturated heterocycles. The largest absolute Gasteiger partial charge is 0.370 e. The Bertz CT molecular complexity index is 191. The maximum atomic E-state index is 11.4. The number of ether oxygens (including phenoxy) is 1. The van der Waals surface area contributed by atoms with Gasteiger partial charge in [0.2, 0.25) is 5.91 Å². The lowest BCUT2D eigenvalue weighted by molar-refractivity contribution is -0.126. The molecule has 0 aromatic heterocycles. The summed E-state index contributed by atoms with van der Waals surface area (Å²) in [5.41, 5.74) is 0. The van der Waals surface area contributed by atoms with E-state index in [1.165, 1.54) is 0 Å². The molecule has 0 bridgehead atoms. The molecule has 88 valence electrons. The van der Waals surface area contributed by atoms with Gasteiger partial charge in [-0.05, 0) is 27.1 Å². The van der Waals surface area contributed by atoms with Gasteiger partial charge in [0.1, 0.15) is 6.61 Å². The highest BCUT2D eigenvalue weighted by atomic mass is 16.5. The first-order valence-electron chi connectivity index (χ1n) is 5.41. The fraction of sp³-hybridized carbons (Fsp3) is 0.900. The minimum Gasteiger partial charge on any atom is -0.370 e. The third-order valence-corrected chi connectivity index (χ3v) is 2.34. The summed E-state index contributed by atoms with van der Waals surface area (Å²) in [6.45, 7) is 3.49. The lowest BCUT2D eigenvalue weighted by atomic mass is 10.2. The van der Waals surface area contributed by atoms with Gasteiger partial charge in [0.05, 0.1) is 6.61 Å². The minimum atomic E-state index is -0.0116. The SMILES string of the molecule is CN(C)CCOCC(=O)NC1CCNC1. The fourth-order valence-corrected chi connectivity index (χ4v) is 1.46. The number of hydrogen-bond acceptors (Lipinski definition) is 4. The van der Waals surface area contributed by atoms with E-state index in [4.69, 9.17) is 4.74 Å². The second kappa shape index (κ2) is 6.76. The normalized spacial score (nSPS) is 20.9. The molecule has 1 aliphatic rings. The highest BCUT2D eigenvalue weighted by molar-refractivity contribution is 5.77. The van der Waals surface area contributed by atoms with Crippen LogP contribution in [0.4, 0.5) is 0 Å². The second-order valence-electron chi connectivity index (χ2n) is 4.11. The molecule has 1 amide bonds. The predicted octanol–water partition coefficient (Wildman–Crippen LogP) is -0.957. The van der Waals surface area contributed by atoms with Crippen LogP contribution in [0.5, 0.6) is 0 Å². The van der Waals surface area contributed by atoms with Crippen molar-refractivity contribution in [2.24, 2.45) is 0 Å². The zero-order valence-corrected chi connectivity index (χ0v) is 9.58. The standard InChI is InChI=1S/C10H21N3O2/c1-13(2)5-6-15-8-10(14)12-9-3-4-11-7-9/h9,11H,3-8H2,1-2H3,(H,12,14). The molecule has 0 radical (unpaired) electrons. The molecular weight excluding hydrogens is 194 g/mol. The molecule has 0 aromatic rings. The van der Waals surface area contributed by atoms with E-state index in [9.17, 15) is 4.79 Å². The summed E-state index contributed by atoms with van der Waals surface area (Å²) >= 11 is 0. The zero-order valence-electron chi connectivity index (χ0n) is 9.58. The first kappa shape index (κ1) is 12.4. The molecule has 1 heterocycles. The molecule has 1 unspecified atom stereocenters. The van der Waals surface area contributed by atoms with Crippen LogP contribution >= 0.6 is 0 Å². The second-order valence-corrected chi connectivity index (χ2v) is 4.11. The van der Waals surface area contributed by atoms with Crippen molar-refractivity contribution in [1.82, 2.24) is 15.5 Å². The van der Waals surface area contributed by atoms with Crippen LogP contribution in [0.3, 0.4) is 0 Å². The number of hydrogen-bond donors (Lipinski definition) is 2. The van der Waals surface area contributed by atoms with Crippen molar-refractivity contribution in [1.29, 1.82) is 0 Å². The third-order valence-electron chi connectivity index (χ3n) is 2.34. The van der Waals surface area contributed by atoms with E-state index in [0.717, 1.165) is 26.1 Å². The summed E-state index contributed by atoms with van der Waals surface area (Å²) in [4.78, 5) is 13.4. The highest BCUT2D eigenvalue weighted by Crippen LogP contribution is 1.96. The van der Waals surface area contributed by atoms with Crippen LogP contribution in [0.1, 0.15) is 6.42 Å². The van der Waals surface area contributed by atoms with E-state index in [1.807, 2.05) is 19.0 Å².